The second-order valence-electron chi connectivity index (χ2n) is 6.71. The van der Waals surface area contributed by atoms with Crippen molar-refractivity contribution < 1.29 is 14.3 Å². The van der Waals surface area contributed by atoms with Gasteiger partial charge in [0.15, 0.2) is 0 Å². The predicted octanol–water partition coefficient (Wildman–Crippen LogP) is 0.819. The fraction of sp³-hybridized carbons (Fsp3) is 0.765. The number of piperidine rings is 1. The van der Waals surface area contributed by atoms with E-state index in [1.165, 1.54) is 0 Å². The zero-order chi connectivity index (χ0) is 18.4. The van der Waals surface area contributed by atoms with Crippen LogP contribution >= 0.6 is 0 Å². The average molecular weight is 351 g/mol. The van der Waals surface area contributed by atoms with Gasteiger partial charge < -0.3 is 15.0 Å². The van der Waals surface area contributed by atoms with Gasteiger partial charge in [-0.05, 0) is 33.1 Å². The fourth-order valence-corrected chi connectivity index (χ4v) is 3.34. The summed E-state index contributed by atoms with van der Waals surface area (Å²) in [5.41, 5.74) is -0.416. The maximum atomic E-state index is 12.1. The summed E-state index contributed by atoms with van der Waals surface area (Å²) in [6.45, 7) is 7.77. The Morgan fingerprint density at radius 2 is 2.12 bits per heavy atom. The highest BCUT2D eigenvalue weighted by Gasteiger charge is 2.36. The zero-order valence-corrected chi connectivity index (χ0v) is 15.7. The van der Waals surface area contributed by atoms with E-state index in [0.29, 0.717) is 32.5 Å². The first-order chi connectivity index (χ1) is 11.8. The minimum atomic E-state index is -0.416. The van der Waals surface area contributed by atoms with Gasteiger partial charge in [0.1, 0.15) is 11.6 Å². The number of amides is 2. The van der Waals surface area contributed by atoms with Crippen molar-refractivity contribution in [2.75, 3.05) is 26.7 Å². The second-order valence-corrected chi connectivity index (χ2v) is 6.71. The molecule has 1 saturated heterocycles. The van der Waals surface area contributed by atoms with Crippen LogP contribution in [0.3, 0.4) is 0 Å². The normalized spacial score (nSPS) is 20.6. The number of hydrogen-bond donors (Lipinski definition) is 1. The quantitative estimate of drug-likeness (QED) is 0.785. The van der Waals surface area contributed by atoms with E-state index < -0.39 is 5.60 Å². The molecular weight excluding hydrogens is 322 g/mol. The number of ether oxygens (including phenoxy) is 1. The Bertz CT molecular complexity index is 615. The van der Waals surface area contributed by atoms with E-state index in [-0.39, 0.29) is 11.8 Å². The Balaban J connectivity index is 1.77. The number of carbonyl (C=O) groups is 2. The SMILES string of the molecule is COC1(CCC(=O)NCCn2nc(C)nc2C)CCCN(C(C)=O)C1. The molecule has 2 amide bonds. The maximum absolute atomic E-state index is 12.1. The smallest absolute Gasteiger partial charge is 0.220 e. The largest absolute Gasteiger partial charge is 0.376 e. The van der Waals surface area contributed by atoms with Crippen LogP contribution in [0.4, 0.5) is 0 Å². The van der Waals surface area contributed by atoms with Gasteiger partial charge in [0.2, 0.25) is 11.8 Å². The number of rotatable bonds is 7. The Hall–Kier alpha value is -1.96. The standard InChI is InChI=1S/C17H29N5O3/c1-13-19-14(2)22(20-13)11-9-18-16(24)6-8-17(25-4)7-5-10-21(12-17)15(3)23/h5-12H2,1-4H3,(H,18,24). The molecular formula is C17H29N5O3. The van der Waals surface area contributed by atoms with Crippen molar-refractivity contribution in [2.45, 2.75) is 58.6 Å². The molecule has 1 atom stereocenters. The molecule has 140 valence electrons. The molecule has 0 saturated carbocycles. The van der Waals surface area contributed by atoms with Gasteiger partial charge in [0.25, 0.3) is 0 Å². The molecule has 1 aliphatic rings. The molecule has 1 N–H and O–H groups in total. The van der Waals surface area contributed by atoms with E-state index in [1.54, 1.807) is 23.6 Å². The number of aromatic nitrogens is 3. The summed E-state index contributed by atoms with van der Waals surface area (Å²) < 4.78 is 7.50. The highest BCUT2D eigenvalue weighted by molar-refractivity contribution is 5.76. The Kier molecular flexibility index (Phi) is 6.52. The summed E-state index contributed by atoms with van der Waals surface area (Å²) in [6.07, 6.45) is 2.77. The lowest BCUT2D eigenvalue weighted by Gasteiger charge is -2.41. The molecule has 1 fully saturated rings. The lowest BCUT2D eigenvalue weighted by Crippen LogP contribution is -2.51. The van der Waals surface area contributed by atoms with Gasteiger partial charge >= 0.3 is 0 Å². The van der Waals surface area contributed by atoms with Crippen molar-refractivity contribution in [1.82, 2.24) is 25.0 Å². The third-order valence-electron chi connectivity index (χ3n) is 4.83. The van der Waals surface area contributed by atoms with Crippen LogP contribution in [-0.4, -0.2) is 63.8 Å². The van der Waals surface area contributed by atoms with Crippen LogP contribution in [0.25, 0.3) is 0 Å². The number of carbonyl (C=O) groups excluding carboxylic acids is 2. The van der Waals surface area contributed by atoms with E-state index in [1.807, 2.05) is 13.8 Å². The van der Waals surface area contributed by atoms with Crippen LogP contribution in [-0.2, 0) is 20.9 Å². The van der Waals surface area contributed by atoms with E-state index >= 15 is 0 Å². The van der Waals surface area contributed by atoms with Crippen LogP contribution in [0.15, 0.2) is 0 Å². The molecule has 8 heteroatoms. The summed E-state index contributed by atoms with van der Waals surface area (Å²) in [5, 5.41) is 7.19. The highest BCUT2D eigenvalue weighted by Crippen LogP contribution is 2.29. The molecule has 2 heterocycles. The minimum Gasteiger partial charge on any atom is -0.376 e. The van der Waals surface area contributed by atoms with Crippen molar-refractivity contribution >= 4 is 11.8 Å². The Morgan fingerprint density at radius 1 is 1.36 bits per heavy atom. The first-order valence-electron chi connectivity index (χ1n) is 8.81. The number of nitrogens with zero attached hydrogens (tertiary/aromatic N) is 4. The molecule has 1 unspecified atom stereocenters. The first kappa shape index (κ1) is 19.4. The van der Waals surface area contributed by atoms with Crippen molar-refractivity contribution in [3.05, 3.63) is 11.6 Å². The first-order valence-corrected chi connectivity index (χ1v) is 8.81. The molecule has 1 aliphatic heterocycles. The summed E-state index contributed by atoms with van der Waals surface area (Å²) in [5.74, 6) is 1.63. The second kappa shape index (κ2) is 8.42. The van der Waals surface area contributed by atoms with Gasteiger partial charge in [-0.2, -0.15) is 5.10 Å². The van der Waals surface area contributed by atoms with Gasteiger partial charge in [-0.3, -0.25) is 9.59 Å². The van der Waals surface area contributed by atoms with Crippen molar-refractivity contribution in [2.24, 2.45) is 0 Å². The zero-order valence-electron chi connectivity index (χ0n) is 15.7. The predicted molar refractivity (Wildman–Crippen MR) is 93.0 cm³/mol. The van der Waals surface area contributed by atoms with Crippen molar-refractivity contribution in [3.63, 3.8) is 0 Å². The van der Waals surface area contributed by atoms with Gasteiger partial charge in [-0.1, -0.05) is 0 Å². The van der Waals surface area contributed by atoms with Crippen molar-refractivity contribution in [3.8, 4) is 0 Å². The molecule has 25 heavy (non-hydrogen) atoms. The Morgan fingerprint density at radius 3 is 2.72 bits per heavy atom. The van der Waals surface area contributed by atoms with E-state index in [2.05, 4.69) is 15.4 Å². The lowest BCUT2D eigenvalue weighted by molar-refractivity contribution is -0.139. The molecule has 0 radical (unpaired) electrons. The van der Waals surface area contributed by atoms with Crippen LogP contribution in [0.2, 0.25) is 0 Å². The number of likely N-dealkylation sites (tertiary alicyclic amines) is 1. The molecule has 0 bridgehead atoms. The van der Waals surface area contributed by atoms with E-state index in [9.17, 15) is 9.59 Å². The molecule has 1 aromatic rings. The van der Waals surface area contributed by atoms with E-state index in [4.69, 9.17) is 4.74 Å². The summed E-state index contributed by atoms with van der Waals surface area (Å²) >= 11 is 0. The highest BCUT2D eigenvalue weighted by atomic mass is 16.5. The van der Waals surface area contributed by atoms with Crippen LogP contribution in [0, 0.1) is 13.8 Å². The third kappa shape index (κ3) is 5.26. The molecule has 2 rings (SSSR count). The molecule has 8 nitrogen and oxygen atoms in total. The lowest BCUT2D eigenvalue weighted by atomic mass is 9.87. The summed E-state index contributed by atoms with van der Waals surface area (Å²) in [6, 6.07) is 0. The van der Waals surface area contributed by atoms with E-state index in [0.717, 1.165) is 31.0 Å². The topological polar surface area (TPSA) is 89.3 Å². The monoisotopic (exact) mass is 351 g/mol. The third-order valence-corrected chi connectivity index (χ3v) is 4.83. The van der Waals surface area contributed by atoms with Gasteiger partial charge in [-0.15, -0.1) is 0 Å². The summed E-state index contributed by atoms with van der Waals surface area (Å²) in [7, 11) is 1.66. The number of nitrogens with one attached hydrogen (secondary N) is 1. The van der Waals surface area contributed by atoms with Crippen molar-refractivity contribution in [1.29, 1.82) is 0 Å². The number of hydrogen-bond acceptors (Lipinski definition) is 5. The van der Waals surface area contributed by atoms with Crippen LogP contribution in [0.5, 0.6) is 0 Å². The molecule has 0 spiro atoms. The van der Waals surface area contributed by atoms with Gasteiger partial charge in [0, 0.05) is 40.1 Å². The van der Waals surface area contributed by atoms with Crippen LogP contribution in [0.1, 0.15) is 44.3 Å². The average Bonchev–Trinajstić information content (AvgIpc) is 2.90. The fourth-order valence-electron chi connectivity index (χ4n) is 3.34. The maximum Gasteiger partial charge on any atom is 0.220 e. The molecule has 1 aromatic heterocycles. The van der Waals surface area contributed by atoms with Gasteiger partial charge in [-0.25, -0.2) is 9.67 Å². The molecule has 0 aromatic carbocycles. The summed E-state index contributed by atoms with van der Waals surface area (Å²) in [4.78, 5) is 29.8. The Labute approximate surface area is 148 Å². The number of methoxy groups -OCH3 is 1. The van der Waals surface area contributed by atoms with Crippen LogP contribution < -0.4 is 5.32 Å². The van der Waals surface area contributed by atoms with Gasteiger partial charge in [0.05, 0.1) is 12.1 Å². The number of aryl methyl sites for hydroxylation is 2. The minimum absolute atomic E-state index is 0.00846. The molecule has 0 aliphatic carbocycles.